The van der Waals surface area contributed by atoms with Crippen LogP contribution in [0.5, 0.6) is 0 Å². The number of anilines is 1. The summed E-state index contributed by atoms with van der Waals surface area (Å²) < 4.78 is 0. The van der Waals surface area contributed by atoms with Gasteiger partial charge < -0.3 is 15.1 Å². The second-order valence-electron chi connectivity index (χ2n) is 4.17. The van der Waals surface area contributed by atoms with Gasteiger partial charge in [0.25, 0.3) is 0 Å². The summed E-state index contributed by atoms with van der Waals surface area (Å²) in [5.41, 5.74) is 0. The molecular formula is C11H18N4O2. The van der Waals surface area contributed by atoms with Gasteiger partial charge in [0.15, 0.2) is 0 Å². The summed E-state index contributed by atoms with van der Waals surface area (Å²) in [6, 6.07) is 1.80. The normalized spacial score (nSPS) is 19.3. The van der Waals surface area contributed by atoms with Gasteiger partial charge >= 0.3 is 0 Å². The van der Waals surface area contributed by atoms with Crippen molar-refractivity contribution in [2.75, 3.05) is 44.2 Å². The first-order valence-electron chi connectivity index (χ1n) is 5.83. The smallest absolute Gasteiger partial charge is 0.225 e. The molecular weight excluding hydrogens is 220 g/mol. The highest BCUT2D eigenvalue weighted by atomic mass is 16.3. The largest absolute Gasteiger partial charge is 0.394 e. The lowest BCUT2D eigenvalue weighted by atomic mass is 10.3. The molecule has 1 unspecified atom stereocenters. The first kappa shape index (κ1) is 12.2. The Labute approximate surface area is 101 Å². The molecule has 0 aromatic carbocycles. The van der Waals surface area contributed by atoms with E-state index >= 15 is 0 Å². The van der Waals surface area contributed by atoms with Gasteiger partial charge in [-0.1, -0.05) is 0 Å². The number of aliphatic hydroxyl groups is 2. The number of nitrogens with zero attached hydrogens (tertiary/aromatic N) is 4. The SMILES string of the molecule is OCC(O)CN1CCN(c2ncccn2)CC1. The van der Waals surface area contributed by atoms with E-state index in [1.165, 1.54) is 0 Å². The topological polar surface area (TPSA) is 72.7 Å². The molecule has 17 heavy (non-hydrogen) atoms. The number of aliphatic hydroxyl groups excluding tert-OH is 2. The van der Waals surface area contributed by atoms with Crippen LogP contribution in [-0.2, 0) is 0 Å². The quantitative estimate of drug-likeness (QED) is 0.697. The molecule has 1 aromatic heterocycles. The molecule has 1 atom stereocenters. The molecule has 0 bridgehead atoms. The van der Waals surface area contributed by atoms with Gasteiger partial charge in [-0.3, -0.25) is 4.90 Å². The average Bonchev–Trinajstić information content (AvgIpc) is 2.40. The van der Waals surface area contributed by atoms with Crippen LogP contribution in [-0.4, -0.2) is 70.5 Å². The average molecular weight is 238 g/mol. The summed E-state index contributed by atoms with van der Waals surface area (Å²) in [7, 11) is 0. The van der Waals surface area contributed by atoms with E-state index in [0.29, 0.717) is 6.54 Å². The van der Waals surface area contributed by atoms with Gasteiger partial charge in [0.2, 0.25) is 5.95 Å². The van der Waals surface area contributed by atoms with Crippen molar-refractivity contribution < 1.29 is 10.2 Å². The van der Waals surface area contributed by atoms with Crippen LogP contribution < -0.4 is 4.90 Å². The van der Waals surface area contributed by atoms with E-state index < -0.39 is 6.10 Å². The fraction of sp³-hybridized carbons (Fsp3) is 0.636. The molecule has 0 aliphatic carbocycles. The number of aromatic nitrogens is 2. The van der Waals surface area contributed by atoms with Crippen molar-refractivity contribution in [3.8, 4) is 0 Å². The molecule has 6 nitrogen and oxygen atoms in total. The highest BCUT2D eigenvalue weighted by molar-refractivity contribution is 5.29. The van der Waals surface area contributed by atoms with Gasteiger partial charge in [0, 0.05) is 45.1 Å². The molecule has 2 N–H and O–H groups in total. The van der Waals surface area contributed by atoms with Gasteiger partial charge in [0.1, 0.15) is 0 Å². The Morgan fingerprint density at radius 2 is 1.82 bits per heavy atom. The van der Waals surface area contributed by atoms with E-state index in [0.717, 1.165) is 32.1 Å². The minimum atomic E-state index is -0.644. The lowest BCUT2D eigenvalue weighted by molar-refractivity contribution is 0.0574. The molecule has 0 saturated carbocycles. The zero-order chi connectivity index (χ0) is 12.1. The van der Waals surface area contributed by atoms with Crippen molar-refractivity contribution in [3.63, 3.8) is 0 Å². The van der Waals surface area contributed by atoms with E-state index in [-0.39, 0.29) is 6.61 Å². The molecule has 0 spiro atoms. The van der Waals surface area contributed by atoms with E-state index in [4.69, 9.17) is 5.11 Å². The van der Waals surface area contributed by atoms with E-state index in [1.54, 1.807) is 18.5 Å². The van der Waals surface area contributed by atoms with Crippen LogP contribution in [0.25, 0.3) is 0 Å². The first-order valence-corrected chi connectivity index (χ1v) is 5.83. The third-order valence-corrected chi connectivity index (χ3v) is 2.89. The summed E-state index contributed by atoms with van der Waals surface area (Å²) in [5, 5.41) is 18.2. The fourth-order valence-electron chi connectivity index (χ4n) is 1.94. The summed E-state index contributed by atoms with van der Waals surface area (Å²) in [4.78, 5) is 12.7. The Bertz CT molecular complexity index is 328. The maximum atomic E-state index is 9.36. The third kappa shape index (κ3) is 3.36. The first-order chi connectivity index (χ1) is 8.29. The highest BCUT2D eigenvalue weighted by Gasteiger charge is 2.20. The zero-order valence-corrected chi connectivity index (χ0v) is 9.74. The van der Waals surface area contributed by atoms with Crippen LogP contribution in [0.4, 0.5) is 5.95 Å². The van der Waals surface area contributed by atoms with Crippen molar-refractivity contribution >= 4 is 5.95 Å². The number of β-amino-alcohol motifs (C(OH)–C–C–N with tert-alkyl or cyclic N) is 1. The molecule has 1 aromatic rings. The highest BCUT2D eigenvalue weighted by Crippen LogP contribution is 2.09. The number of piperazine rings is 1. The van der Waals surface area contributed by atoms with Gasteiger partial charge in [-0.15, -0.1) is 0 Å². The van der Waals surface area contributed by atoms with E-state index in [9.17, 15) is 5.11 Å². The fourth-order valence-corrected chi connectivity index (χ4v) is 1.94. The molecule has 2 rings (SSSR count). The number of hydrogen-bond acceptors (Lipinski definition) is 6. The zero-order valence-electron chi connectivity index (χ0n) is 9.74. The third-order valence-electron chi connectivity index (χ3n) is 2.89. The lowest BCUT2D eigenvalue weighted by Gasteiger charge is -2.35. The Balaban J connectivity index is 1.82. The number of hydrogen-bond donors (Lipinski definition) is 2. The van der Waals surface area contributed by atoms with Crippen molar-refractivity contribution in [2.45, 2.75) is 6.10 Å². The van der Waals surface area contributed by atoms with Crippen molar-refractivity contribution in [3.05, 3.63) is 18.5 Å². The Morgan fingerprint density at radius 3 is 2.41 bits per heavy atom. The van der Waals surface area contributed by atoms with E-state index in [2.05, 4.69) is 19.8 Å². The lowest BCUT2D eigenvalue weighted by Crippen LogP contribution is -2.49. The van der Waals surface area contributed by atoms with Crippen molar-refractivity contribution in [2.24, 2.45) is 0 Å². The molecule has 1 aliphatic rings. The maximum Gasteiger partial charge on any atom is 0.225 e. The summed E-state index contributed by atoms with van der Waals surface area (Å²) in [5.74, 6) is 0.759. The molecule has 1 fully saturated rings. The predicted octanol–water partition coefficient (Wildman–Crippen LogP) is -1.05. The summed E-state index contributed by atoms with van der Waals surface area (Å²) in [6.07, 6.45) is 2.84. The van der Waals surface area contributed by atoms with Gasteiger partial charge in [-0.25, -0.2) is 9.97 Å². The molecule has 0 amide bonds. The molecule has 1 aliphatic heterocycles. The predicted molar refractivity (Wildman–Crippen MR) is 63.8 cm³/mol. The van der Waals surface area contributed by atoms with Crippen LogP contribution in [0.1, 0.15) is 0 Å². The standard InChI is InChI=1S/C11H18N4O2/c16-9-10(17)8-14-4-6-15(7-5-14)11-12-2-1-3-13-11/h1-3,10,16-17H,4-9H2. The van der Waals surface area contributed by atoms with Gasteiger partial charge in [-0.2, -0.15) is 0 Å². The Hall–Kier alpha value is -1.24. The summed E-state index contributed by atoms with van der Waals surface area (Å²) >= 11 is 0. The summed E-state index contributed by atoms with van der Waals surface area (Å²) in [6.45, 7) is 3.76. The van der Waals surface area contributed by atoms with Crippen LogP contribution >= 0.6 is 0 Å². The minimum Gasteiger partial charge on any atom is -0.394 e. The molecule has 0 radical (unpaired) electrons. The molecule has 1 saturated heterocycles. The van der Waals surface area contributed by atoms with Gasteiger partial charge in [-0.05, 0) is 6.07 Å². The van der Waals surface area contributed by atoms with Crippen molar-refractivity contribution in [1.29, 1.82) is 0 Å². The van der Waals surface area contributed by atoms with Crippen LogP contribution in [0.2, 0.25) is 0 Å². The molecule has 2 heterocycles. The minimum absolute atomic E-state index is 0.179. The maximum absolute atomic E-state index is 9.36. The monoisotopic (exact) mass is 238 g/mol. The second-order valence-corrected chi connectivity index (χ2v) is 4.17. The van der Waals surface area contributed by atoms with Crippen LogP contribution in [0.15, 0.2) is 18.5 Å². The molecule has 6 heteroatoms. The van der Waals surface area contributed by atoms with Crippen molar-refractivity contribution in [1.82, 2.24) is 14.9 Å². The second kappa shape index (κ2) is 5.90. The Kier molecular flexibility index (Phi) is 4.24. The van der Waals surface area contributed by atoms with Crippen LogP contribution in [0, 0.1) is 0 Å². The number of rotatable bonds is 4. The van der Waals surface area contributed by atoms with Crippen LogP contribution in [0.3, 0.4) is 0 Å². The van der Waals surface area contributed by atoms with E-state index in [1.807, 2.05) is 0 Å². The van der Waals surface area contributed by atoms with Gasteiger partial charge in [0.05, 0.1) is 12.7 Å². The Morgan fingerprint density at radius 1 is 1.18 bits per heavy atom. The molecule has 94 valence electrons.